The Hall–Kier alpha value is -0.0900. The summed E-state index contributed by atoms with van der Waals surface area (Å²) in [7, 11) is 0. The zero-order valence-corrected chi connectivity index (χ0v) is 9.69. The molecule has 0 aliphatic carbocycles. The molecule has 0 aromatic carbocycles. The minimum absolute atomic E-state index is 0.0167. The highest BCUT2D eigenvalue weighted by Gasteiger charge is 2.24. The SMILES string of the molecule is CC(C)(Br)C(=O)NCC1CCCO1. The van der Waals surface area contributed by atoms with Gasteiger partial charge in [-0.2, -0.15) is 0 Å². The molecule has 3 nitrogen and oxygen atoms in total. The van der Waals surface area contributed by atoms with Gasteiger partial charge in [0, 0.05) is 13.2 Å². The largest absolute Gasteiger partial charge is 0.376 e. The summed E-state index contributed by atoms with van der Waals surface area (Å²) in [6, 6.07) is 0. The molecular formula is C9H16BrNO2. The van der Waals surface area contributed by atoms with Crippen LogP contribution in [0.3, 0.4) is 0 Å². The van der Waals surface area contributed by atoms with Crippen molar-refractivity contribution in [1.82, 2.24) is 5.32 Å². The van der Waals surface area contributed by atoms with E-state index in [0.717, 1.165) is 19.4 Å². The van der Waals surface area contributed by atoms with E-state index in [1.165, 1.54) is 0 Å². The van der Waals surface area contributed by atoms with Gasteiger partial charge in [-0.1, -0.05) is 15.9 Å². The van der Waals surface area contributed by atoms with Gasteiger partial charge in [-0.3, -0.25) is 4.79 Å². The van der Waals surface area contributed by atoms with Crippen LogP contribution in [0.15, 0.2) is 0 Å². The fourth-order valence-electron chi connectivity index (χ4n) is 1.22. The molecule has 0 bridgehead atoms. The summed E-state index contributed by atoms with van der Waals surface area (Å²) in [6.07, 6.45) is 2.39. The number of nitrogens with one attached hydrogen (secondary N) is 1. The van der Waals surface area contributed by atoms with Crippen molar-refractivity contribution in [2.45, 2.75) is 37.1 Å². The molecule has 1 N–H and O–H groups in total. The van der Waals surface area contributed by atoms with Crippen molar-refractivity contribution >= 4 is 21.8 Å². The lowest BCUT2D eigenvalue weighted by Gasteiger charge is -2.17. The number of ether oxygens (including phenoxy) is 1. The second kappa shape index (κ2) is 4.42. The number of rotatable bonds is 3. The van der Waals surface area contributed by atoms with Crippen molar-refractivity contribution in [3.63, 3.8) is 0 Å². The zero-order chi connectivity index (χ0) is 9.90. The Bertz CT molecular complexity index is 183. The molecule has 1 unspecified atom stereocenters. The van der Waals surface area contributed by atoms with E-state index in [4.69, 9.17) is 4.74 Å². The second-order valence-electron chi connectivity index (χ2n) is 3.82. The van der Waals surface area contributed by atoms with Crippen molar-refractivity contribution in [2.75, 3.05) is 13.2 Å². The van der Waals surface area contributed by atoms with Crippen LogP contribution in [0.4, 0.5) is 0 Å². The molecule has 1 aliphatic heterocycles. The van der Waals surface area contributed by atoms with Gasteiger partial charge in [0.05, 0.1) is 10.4 Å². The first-order valence-corrected chi connectivity index (χ1v) is 5.38. The van der Waals surface area contributed by atoms with Crippen LogP contribution in [-0.2, 0) is 9.53 Å². The molecule has 76 valence electrons. The predicted octanol–water partition coefficient (Wildman–Crippen LogP) is 1.46. The standard InChI is InChI=1S/C9H16BrNO2/c1-9(2,10)8(12)11-6-7-4-3-5-13-7/h7H,3-6H2,1-2H3,(H,11,12). The number of hydrogen-bond acceptors (Lipinski definition) is 2. The maximum Gasteiger partial charge on any atom is 0.236 e. The topological polar surface area (TPSA) is 38.3 Å². The molecule has 0 aromatic heterocycles. The van der Waals surface area contributed by atoms with Gasteiger partial charge >= 0.3 is 0 Å². The van der Waals surface area contributed by atoms with Gasteiger partial charge in [0.25, 0.3) is 0 Å². The van der Waals surface area contributed by atoms with Gasteiger partial charge < -0.3 is 10.1 Å². The van der Waals surface area contributed by atoms with Crippen molar-refractivity contribution in [3.05, 3.63) is 0 Å². The molecular weight excluding hydrogens is 234 g/mol. The highest BCUT2D eigenvalue weighted by atomic mass is 79.9. The number of halogens is 1. The monoisotopic (exact) mass is 249 g/mol. The Morgan fingerprint density at radius 3 is 2.85 bits per heavy atom. The summed E-state index contributed by atoms with van der Waals surface area (Å²) in [4.78, 5) is 11.4. The lowest BCUT2D eigenvalue weighted by Crippen LogP contribution is -2.41. The van der Waals surface area contributed by atoms with Crippen LogP contribution in [0.2, 0.25) is 0 Å². The molecule has 1 aliphatic rings. The highest BCUT2D eigenvalue weighted by molar-refractivity contribution is 9.10. The molecule has 1 heterocycles. The quantitative estimate of drug-likeness (QED) is 0.770. The number of carbonyl (C=O) groups excluding carboxylic acids is 1. The van der Waals surface area contributed by atoms with Crippen molar-refractivity contribution < 1.29 is 9.53 Å². The summed E-state index contributed by atoms with van der Waals surface area (Å²) >= 11 is 3.30. The molecule has 1 saturated heterocycles. The molecule has 0 radical (unpaired) electrons. The van der Waals surface area contributed by atoms with E-state index in [1.807, 2.05) is 13.8 Å². The third kappa shape index (κ3) is 3.65. The average molecular weight is 250 g/mol. The lowest BCUT2D eigenvalue weighted by molar-refractivity contribution is -0.123. The molecule has 13 heavy (non-hydrogen) atoms. The Morgan fingerprint density at radius 2 is 2.38 bits per heavy atom. The molecule has 1 atom stereocenters. The highest BCUT2D eigenvalue weighted by Crippen LogP contribution is 2.16. The zero-order valence-electron chi connectivity index (χ0n) is 8.10. The fourth-order valence-corrected chi connectivity index (χ4v) is 1.36. The van der Waals surface area contributed by atoms with Crippen LogP contribution in [0.5, 0.6) is 0 Å². The summed E-state index contributed by atoms with van der Waals surface area (Å²) in [5, 5.41) is 2.85. The van der Waals surface area contributed by atoms with Crippen LogP contribution in [0.25, 0.3) is 0 Å². The summed E-state index contributed by atoms with van der Waals surface area (Å²) in [5.41, 5.74) is 0. The van der Waals surface area contributed by atoms with Crippen LogP contribution in [-0.4, -0.2) is 29.5 Å². The Balaban J connectivity index is 2.22. The van der Waals surface area contributed by atoms with Gasteiger partial charge in [0.1, 0.15) is 0 Å². The normalized spacial score (nSPS) is 23.2. The maximum absolute atomic E-state index is 11.4. The first kappa shape index (κ1) is 11.0. The van der Waals surface area contributed by atoms with Crippen LogP contribution in [0.1, 0.15) is 26.7 Å². The summed E-state index contributed by atoms with van der Waals surface area (Å²) in [5.74, 6) is 0.0167. The average Bonchev–Trinajstić information content (AvgIpc) is 2.50. The van der Waals surface area contributed by atoms with Crippen molar-refractivity contribution in [3.8, 4) is 0 Å². The summed E-state index contributed by atoms with van der Waals surface area (Å²) in [6.45, 7) is 5.13. The van der Waals surface area contributed by atoms with E-state index in [2.05, 4.69) is 21.2 Å². The summed E-state index contributed by atoms with van der Waals surface area (Å²) < 4.78 is 4.91. The smallest absolute Gasteiger partial charge is 0.236 e. The molecule has 4 heteroatoms. The van der Waals surface area contributed by atoms with Gasteiger partial charge in [-0.25, -0.2) is 0 Å². The third-order valence-corrected chi connectivity index (χ3v) is 2.41. The van der Waals surface area contributed by atoms with E-state index in [-0.39, 0.29) is 12.0 Å². The Kier molecular flexibility index (Phi) is 3.74. The molecule has 0 aromatic rings. The fraction of sp³-hybridized carbons (Fsp3) is 0.889. The van der Waals surface area contributed by atoms with Crippen LogP contribution < -0.4 is 5.32 Å². The van der Waals surface area contributed by atoms with Crippen LogP contribution >= 0.6 is 15.9 Å². The van der Waals surface area contributed by atoms with E-state index in [9.17, 15) is 4.79 Å². The number of alkyl halides is 1. The Morgan fingerprint density at radius 1 is 1.69 bits per heavy atom. The first-order valence-electron chi connectivity index (χ1n) is 4.59. The molecule has 0 saturated carbocycles. The van der Waals surface area contributed by atoms with E-state index >= 15 is 0 Å². The van der Waals surface area contributed by atoms with E-state index in [0.29, 0.717) is 6.54 Å². The number of amides is 1. The number of carbonyl (C=O) groups is 1. The minimum atomic E-state index is -0.481. The predicted molar refractivity (Wildman–Crippen MR) is 55.0 cm³/mol. The van der Waals surface area contributed by atoms with Gasteiger partial charge in [0.15, 0.2) is 0 Å². The molecule has 1 fully saturated rings. The molecule has 1 amide bonds. The second-order valence-corrected chi connectivity index (χ2v) is 5.80. The van der Waals surface area contributed by atoms with Crippen molar-refractivity contribution in [1.29, 1.82) is 0 Å². The van der Waals surface area contributed by atoms with E-state index < -0.39 is 4.32 Å². The first-order chi connectivity index (χ1) is 6.00. The Labute approximate surface area is 87.3 Å². The van der Waals surface area contributed by atoms with E-state index in [1.54, 1.807) is 0 Å². The molecule has 0 spiro atoms. The maximum atomic E-state index is 11.4. The van der Waals surface area contributed by atoms with Crippen LogP contribution in [0, 0.1) is 0 Å². The van der Waals surface area contributed by atoms with Crippen molar-refractivity contribution in [2.24, 2.45) is 0 Å². The number of hydrogen-bond donors (Lipinski definition) is 1. The molecule has 1 rings (SSSR count). The third-order valence-electron chi connectivity index (χ3n) is 2.05. The lowest BCUT2D eigenvalue weighted by atomic mass is 10.2. The minimum Gasteiger partial charge on any atom is -0.376 e. The van der Waals surface area contributed by atoms with Gasteiger partial charge in [-0.05, 0) is 26.7 Å². The van der Waals surface area contributed by atoms with Gasteiger partial charge in [-0.15, -0.1) is 0 Å². The van der Waals surface area contributed by atoms with Gasteiger partial charge in [0.2, 0.25) is 5.91 Å².